The zero-order valence-corrected chi connectivity index (χ0v) is 16.7. The van der Waals surface area contributed by atoms with Crippen LogP contribution >= 0.6 is 11.3 Å². The van der Waals surface area contributed by atoms with Crippen LogP contribution in [0.25, 0.3) is 16.9 Å². The summed E-state index contributed by atoms with van der Waals surface area (Å²) in [4.78, 5) is 34.3. The number of nitrogens with zero attached hydrogens (tertiary/aromatic N) is 7. The lowest BCUT2D eigenvalue weighted by atomic mass is 10.2. The minimum absolute atomic E-state index is 0.000882. The smallest absolute Gasteiger partial charge is 0.273 e. The average molecular weight is 405 g/mol. The van der Waals surface area contributed by atoms with Gasteiger partial charge in [0.05, 0.1) is 16.9 Å². The van der Waals surface area contributed by atoms with Crippen LogP contribution in [0, 0.1) is 6.92 Å². The van der Waals surface area contributed by atoms with E-state index in [-0.39, 0.29) is 5.91 Å². The molecule has 5 heterocycles. The highest BCUT2D eigenvalue weighted by molar-refractivity contribution is 7.09. The number of carbonyl (C=O) groups excluding carboxylic acids is 1. The van der Waals surface area contributed by atoms with Crippen molar-refractivity contribution in [2.24, 2.45) is 0 Å². The summed E-state index contributed by atoms with van der Waals surface area (Å²) in [5.74, 6) is 0.838. The fourth-order valence-electron chi connectivity index (χ4n) is 3.61. The number of imidazole rings is 1. The molecule has 1 fully saturated rings. The molecular formula is C20H19N7OS. The summed E-state index contributed by atoms with van der Waals surface area (Å²) >= 11 is 1.50. The molecule has 0 bridgehead atoms. The quantitative estimate of drug-likeness (QED) is 0.521. The standard InChI is InChI=1S/C20H19N7OS/c1-14-24-16(13-29-14)20(28)26-10-8-25(9-11-26)18-19-23-12-17(27(19)7-6-22-18)15-2-4-21-5-3-15/h2-7,12-13H,8-11H2,1H3. The maximum atomic E-state index is 12.6. The first-order valence-corrected chi connectivity index (χ1v) is 10.3. The Bertz CT molecular complexity index is 1160. The van der Waals surface area contributed by atoms with E-state index in [4.69, 9.17) is 0 Å². The van der Waals surface area contributed by atoms with Crippen LogP contribution < -0.4 is 4.90 Å². The number of anilines is 1. The van der Waals surface area contributed by atoms with Crippen LogP contribution in [0.5, 0.6) is 0 Å². The first-order valence-electron chi connectivity index (χ1n) is 9.39. The molecule has 146 valence electrons. The van der Waals surface area contributed by atoms with E-state index in [1.807, 2.05) is 46.1 Å². The Hall–Kier alpha value is -3.33. The molecular weight excluding hydrogens is 386 g/mol. The van der Waals surface area contributed by atoms with Crippen LogP contribution in [0.15, 0.2) is 48.5 Å². The normalized spacial score (nSPS) is 14.5. The van der Waals surface area contributed by atoms with E-state index < -0.39 is 0 Å². The molecule has 0 spiro atoms. The van der Waals surface area contributed by atoms with Crippen molar-refractivity contribution in [3.8, 4) is 11.3 Å². The van der Waals surface area contributed by atoms with Crippen molar-refractivity contribution >= 4 is 28.7 Å². The second-order valence-corrected chi connectivity index (χ2v) is 7.92. The minimum atomic E-state index is 0.000882. The number of rotatable bonds is 3. The first-order chi connectivity index (χ1) is 14.2. The molecule has 1 aliphatic heterocycles. The van der Waals surface area contributed by atoms with E-state index in [1.54, 1.807) is 18.6 Å². The van der Waals surface area contributed by atoms with E-state index >= 15 is 0 Å². The van der Waals surface area contributed by atoms with Gasteiger partial charge in [0.1, 0.15) is 5.69 Å². The zero-order chi connectivity index (χ0) is 19.8. The molecule has 0 radical (unpaired) electrons. The predicted octanol–water partition coefficient (Wildman–Crippen LogP) is 2.52. The van der Waals surface area contributed by atoms with Crippen LogP contribution in [0.1, 0.15) is 15.5 Å². The SMILES string of the molecule is Cc1nc(C(=O)N2CCN(c3nccn4c(-c5ccncc5)cnc34)CC2)cs1. The number of hydrogen-bond acceptors (Lipinski definition) is 7. The molecule has 0 atom stereocenters. The lowest BCUT2D eigenvalue weighted by molar-refractivity contribution is 0.0741. The number of hydrogen-bond donors (Lipinski definition) is 0. The van der Waals surface area contributed by atoms with Gasteiger partial charge in [0.2, 0.25) is 0 Å². The zero-order valence-electron chi connectivity index (χ0n) is 15.9. The van der Waals surface area contributed by atoms with Gasteiger partial charge in [-0.15, -0.1) is 11.3 Å². The van der Waals surface area contributed by atoms with Gasteiger partial charge in [-0.3, -0.25) is 14.2 Å². The monoisotopic (exact) mass is 405 g/mol. The van der Waals surface area contributed by atoms with Gasteiger partial charge < -0.3 is 9.80 Å². The van der Waals surface area contributed by atoms with Crippen molar-refractivity contribution in [3.63, 3.8) is 0 Å². The number of fused-ring (bicyclic) bond motifs is 1. The number of aryl methyl sites for hydroxylation is 1. The summed E-state index contributed by atoms with van der Waals surface area (Å²) in [7, 11) is 0. The van der Waals surface area contributed by atoms with Crippen molar-refractivity contribution in [3.05, 3.63) is 59.2 Å². The number of pyridine rings is 1. The second kappa shape index (κ2) is 7.25. The van der Waals surface area contributed by atoms with E-state index in [1.165, 1.54) is 11.3 Å². The van der Waals surface area contributed by atoms with E-state index in [9.17, 15) is 4.79 Å². The number of thiazole rings is 1. The Labute approximate surface area is 171 Å². The highest BCUT2D eigenvalue weighted by Crippen LogP contribution is 2.25. The molecule has 4 aromatic heterocycles. The topological polar surface area (TPSA) is 79.5 Å². The highest BCUT2D eigenvalue weighted by atomic mass is 32.1. The van der Waals surface area contributed by atoms with Crippen LogP contribution in [0.4, 0.5) is 5.82 Å². The Morgan fingerprint density at radius 3 is 2.59 bits per heavy atom. The molecule has 29 heavy (non-hydrogen) atoms. The lowest BCUT2D eigenvalue weighted by Gasteiger charge is -2.35. The molecule has 1 saturated heterocycles. The predicted molar refractivity (Wildman–Crippen MR) is 111 cm³/mol. The highest BCUT2D eigenvalue weighted by Gasteiger charge is 2.25. The molecule has 0 N–H and O–H groups in total. The molecule has 0 saturated carbocycles. The Kier molecular flexibility index (Phi) is 4.44. The number of piperazine rings is 1. The summed E-state index contributed by atoms with van der Waals surface area (Å²) in [5, 5.41) is 2.74. The van der Waals surface area contributed by atoms with E-state index in [0.717, 1.165) is 27.7 Å². The first kappa shape index (κ1) is 17.7. The number of carbonyl (C=O) groups is 1. The van der Waals surface area contributed by atoms with E-state index in [2.05, 4.69) is 24.8 Å². The van der Waals surface area contributed by atoms with Gasteiger partial charge in [0.15, 0.2) is 11.5 Å². The molecule has 1 aliphatic rings. The lowest BCUT2D eigenvalue weighted by Crippen LogP contribution is -2.49. The third-order valence-electron chi connectivity index (χ3n) is 5.09. The molecule has 0 unspecified atom stereocenters. The van der Waals surface area contributed by atoms with Crippen LogP contribution in [0.3, 0.4) is 0 Å². The third kappa shape index (κ3) is 3.23. The molecule has 8 nitrogen and oxygen atoms in total. The van der Waals surface area contributed by atoms with Gasteiger partial charge in [-0.2, -0.15) is 0 Å². The minimum Gasteiger partial charge on any atom is -0.350 e. The average Bonchev–Trinajstić information content (AvgIpc) is 3.40. The molecule has 0 aliphatic carbocycles. The molecule has 4 aromatic rings. The third-order valence-corrected chi connectivity index (χ3v) is 5.86. The Morgan fingerprint density at radius 1 is 1.07 bits per heavy atom. The fourth-order valence-corrected chi connectivity index (χ4v) is 4.20. The summed E-state index contributed by atoms with van der Waals surface area (Å²) in [5.41, 5.74) is 3.41. The molecule has 1 amide bonds. The van der Waals surface area contributed by atoms with Crippen molar-refractivity contribution in [2.45, 2.75) is 6.92 Å². The summed E-state index contributed by atoms with van der Waals surface area (Å²) in [6.45, 7) is 4.60. The van der Waals surface area contributed by atoms with Crippen LogP contribution in [0.2, 0.25) is 0 Å². The van der Waals surface area contributed by atoms with Gasteiger partial charge in [-0.25, -0.2) is 15.0 Å². The second-order valence-electron chi connectivity index (χ2n) is 6.85. The maximum absolute atomic E-state index is 12.6. The Morgan fingerprint density at radius 2 is 1.86 bits per heavy atom. The van der Waals surface area contributed by atoms with Gasteiger partial charge in [-0.05, 0) is 19.1 Å². The van der Waals surface area contributed by atoms with Gasteiger partial charge in [0, 0.05) is 61.9 Å². The molecule has 9 heteroatoms. The Balaban J connectivity index is 1.37. The van der Waals surface area contributed by atoms with Gasteiger partial charge >= 0.3 is 0 Å². The molecule has 0 aromatic carbocycles. The fraction of sp³-hybridized carbons (Fsp3) is 0.250. The van der Waals surface area contributed by atoms with Gasteiger partial charge in [0.25, 0.3) is 5.91 Å². The van der Waals surface area contributed by atoms with Gasteiger partial charge in [-0.1, -0.05) is 0 Å². The van der Waals surface area contributed by atoms with Crippen molar-refractivity contribution < 1.29 is 4.79 Å². The van der Waals surface area contributed by atoms with Crippen molar-refractivity contribution in [1.29, 1.82) is 0 Å². The van der Waals surface area contributed by atoms with Crippen LogP contribution in [-0.2, 0) is 0 Å². The maximum Gasteiger partial charge on any atom is 0.273 e. The summed E-state index contributed by atoms with van der Waals surface area (Å²) in [6.07, 6.45) is 9.13. The summed E-state index contributed by atoms with van der Waals surface area (Å²) < 4.78 is 2.05. The summed E-state index contributed by atoms with van der Waals surface area (Å²) in [6, 6.07) is 3.93. The number of amides is 1. The number of aromatic nitrogens is 5. The molecule has 5 rings (SSSR count). The van der Waals surface area contributed by atoms with Crippen molar-refractivity contribution in [1.82, 2.24) is 29.2 Å². The van der Waals surface area contributed by atoms with Crippen molar-refractivity contribution in [2.75, 3.05) is 31.1 Å². The van der Waals surface area contributed by atoms with E-state index in [0.29, 0.717) is 31.9 Å². The van der Waals surface area contributed by atoms with Crippen LogP contribution in [-0.4, -0.2) is 61.3 Å². The largest absolute Gasteiger partial charge is 0.350 e.